The van der Waals surface area contributed by atoms with Crippen molar-refractivity contribution < 1.29 is 9.84 Å². The van der Waals surface area contributed by atoms with E-state index in [1.165, 1.54) is 0 Å². The van der Waals surface area contributed by atoms with E-state index in [-0.39, 0.29) is 11.8 Å². The van der Waals surface area contributed by atoms with Gasteiger partial charge in [0.15, 0.2) is 0 Å². The summed E-state index contributed by atoms with van der Waals surface area (Å²) in [5, 5.41) is 12.2. The van der Waals surface area contributed by atoms with E-state index in [1.54, 1.807) is 17.4 Å². The molecule has 112 valence electrons. The molecule has 3 rings (SSSR count). The van der Waals surface area contributed by atoms with Crippen molar-refractivity contribution in [3.05, 3.63) is 82.0 Å². The molecule has 0 aliphatic rings. The summed E-state index contributed by atoms with van der Waals surface area (Å²) in [4.78, 5) is 1.02. The smallest absolute Gasteiger partial charge is 0.124 e. The first-order chi connectivity index (χ1) is 10.7. The zero-order chi connectivity index (χ0) is 15.4. The first-order valence-corrected chi connectivity index (χ1v) is 7.90. The van der Waals surface area contributed by atoms with Crippen molar-refractivity contribution in [1.29, 1.82) is 0 Å². The highest BCUT2D eigenvalue weighted by molar-refractivity contribution is 7.10. The second kappa shape index (κ2) is 6.64. The van der Waals surface area contributed by atoms with Crippen molar-refractivity contribution in [3.63, 3.8) is 0 Å². The van der Waals surface area contributed by atoms with Gasteiger partial charge < -0.3 is 15.6 Å². The zero-order valence-electron chi connectivity index (χ0n) is 12.0. The highest BCUT2D eigenvalue weighted by Crippen LogP contribution is 2.32. The number of nitrogens with two attached hydrogens (primary N) is 1. The number of phenols is 1. The Morgan fingerprint density at radius 2 is 1.86 bits per heavy atom. The van der Waals surface area contributed by atoms with Gasteiger partial charge in [-0.1, -0.05) is 36.4 Å². The predicted molar refractivity (Wildman–Crippen MR) is 89.2 cm³/mol. The largest absolute Gasteiger partial charge is 0.507 e. The first kappa shape index (κ1) is 14.6. The van der Waals surface area contributed by atoms with E-state index in [0.29, 0.717) is 17.9 Å². The van der Waals surface area contributed by atoms with Crippen LogP contribution in [0.5, 0.6) is 11.5 Å². The van der Waals surface area contributed by atoms with E-state index in [9.17, 15) is 5.11 Å². The number of benzene rings is 2. The van der Waals surface area contributed by atoms with Gasteiger partial charge in [-0.05, 0) is 29.1 Å². The standard InChI is InChI=1S/C18H17NO2S/c19-18(17-7-4-10-22-17)15-9-8-14(11-16(15)20)21-12-13-5-2-1-3-6-13/h1-11,18,20H,12,19H2/t18-/m0/s1. The average Bonchev–Trinajstić information content (AvgIpc) is 3.08. The quantitative estimate of drug-likeness (QED) is 0.746. The maximum Gasteiger partial charge on any atom is 0.124 e. The molecule has 0 fully saturated rings. The molecule has 0 aliphatic carbocycles. The van der Waals surface area contributed by atoms with Gasteiger partial charge in [-0.15, -0.1) is 11.3 Å². The van der Waals surface area contributed by atoms with Gasteiger partial charge >= 0.3 is 0 Å². The molecule has 4 heteroatoms. The Hall–Kier alpha value is -2.30. The number of phenolic OH excluding ortho intramolecular Hbond substituents is 1. The Balaban J connectivity index is 1.72. The molecule has 0 saturated carbocycles. The van der Waals surface area contributed by atoms with E-state index in [0.717, 1.165) is 10.4 Å². The van der Waals surface area contributed by atoms with Crippen LogP contribution in [0.25, 0.3) is 0 Å². The van der Waals surface area contributed by atoms with Crippen LogP contribution in [0, 0.1) is 0 Å². The third kappa shape index (κ3) is 3.30. The van der Waals surface area contributed by atoms with Crippen molar-refractivity contribution in [2.24, 2.45) is 5.73 Å². The summed E-state index contributed by atoms with van der Waals surface area (Å²) in [6, 6.07) is 18.8. The van der Waals surface area contributed by atoms with E-state index in [4.69, 9.17) is 10.5 Å². The van der Waals surface area contributed by atoms with E-state index in [1.807, 2.05) is 60.0 Å². The van der Waals surface area contributed by atoms with Crippen LogP contribution in [-0.4, -0.2) is 5.11 Å². The minimum Gasteiger partial charge on any atom is -0.507 e. The Morgan fingerprint density at radius 1 is 1.05 bits per heavy atom. The van der Waals surface area contributed by atoms with Gasteiger partial charge in [0.2, 0.25) is 0 Å². The summed E-state index contributed by atoms with van der Waals surface area (Å²) in [5.41, 5.74) is 7.97. The van der Waals surface area contributed by atoms with Gasteiger partial charge in [0.05, 0.1) is 6.04 Å². The Kier molecular flexibility index (Phi) is 4.42. The lowest BCUT2D eigenvalue weighted by Gasteiger charge is -2.14. The van der Waals surface area contributed by atoms with Crippen molar-refractivity contribution in [2.75, 3.05) is 0 Å². The molecule has 1 aromatic heterocycles. The van der Waals surface area contributed by atoms with Gasteiger partial charge in [-0.2, -0.15) is 0 Å². The van der Waals surface area contributed by atoms with Gasteiger partial charge in [0.1, 0.15) is 18.1 Å². The molecule has 1 heterocycles. The Labute approximate surface area is 133 Å². The maximum absolute atomic E-state index is 10.2. The number of ether oxygens (including phenoxy) is 1. The summed E-state index contributed by atoms with van der Waals surface area (Å²) >= 11 is 1.58. The second-order valence-corrected chi connectivity index (χ2v) is 5.97. The van der Waals surface area contributed by atoms with Crippen LogP contribution in [0.15, 0.2) is 66.0 Å². The van der Waals surface area contributed by atoms with Gasteiger partial charge in [-0.25, -0.2) is 0 Å². The van der Waals surface area contributed by atoms with Crippen LogP contribution >= 0.6 is 11.3 Å². The molecule has 0 spiro atoms. The molecule has 0 radical (unpaired) electrons. The molecule has 3 N–H and O–H groups in total. The molecule has 0 amide bonds. The minimum absolute atomic E-state index is 0.159. The molecule has 2 aromatic carbocycles. The predicted octanol–water partition coefficient (Wildman–Crippen LogP) is 4.08. The zero-order valence-corrected chi connectivity index (χ0v) is 12.8. The number of hydrogen-bond acceptors (Lipinski definition) is 4. The fourth-order valence-corrected chi connectivity index (χ4v) is 2.98. The van der Waals surface area contributed by atoms with Gasteiger partial charge in [-0.3, -0.25) is 0 Å². The Morgan fingerprint density at radius 3 is 2.55 bits per heavy atom. The lowest BCUT2D eigenvalue weighted by molar-refractivity contribution is 0.304. The fraction of sp³-hybridized carbons (Fsp3) is 0.111. The molecule has 1 atom stereocenters. The lowest BCUT2D eigenvalue weighted by Crippen LogP contribution is -2.10. The van der Waals surface area contributed by atoms with Crippen LogP contribution in [0.3, 0.4) is 0 Å². The highest BCUT2D eigenvalue weighted by Gasteiger charge is 2.14. The molecule has 22 heavy (non-hydrogen) atoms. The monoisotopic (exact) mass is 311 g/mol. The van der Waals surface area contributed by atoms with Crippen molar-refractivity contribution in [2.45, 2.75) is 12.6 Å². The van der Waals surface area contributed by atoms with Crippen molar-refractivity contribution >= 4 is 11.3 Å². The molecular weight excluding hydrogens is 294 g/mol. The molecular formula is C18H17NO2S. The molecule has 0 saturated heterocycles. The normalized spacial score (nSPS) is 12.0. The average molecular weight is 311 g/mol. The number of hydrogen-bond donors (Lipinski definition) is 2. The summed E-state index contributed by atoms with van der Waals surface area (Å²) in [7, 11) is 0. The van der Waals surface area contributed by atoms with Crippen LogP contribution < -0.4 is 10.5 Å². The number of aromatic hydroxyl groups is 1. The molecule has 0 unspecified atom stereocenters. The number of thiophene rings is 1. The molecule has 3 aromatic rings. The third-order valence-electron chi connectivity index (χ3n) is 3.43. The van der Waals surface area contributed by atoms with Crippen LogP contribution in [0.4, 0.5) is 0 Å². The molecule has 0 aliphatic heterocycles. The van der Waals surface area contributed by atoms with E-state index >= 15 is 0 Å². The maximum atomic E-state index is 10.2. The highest BCUT2D eigenvalue weighted by atomic mass is 32.1. The SMILES string of the molecule is N[C@H](c1cccs1)c1ccc(OCc2ccccc2)cc1O. The topological polar surface area (TPSA) is 55.5 Å². The van der Waals surface area contributed by atoms with E-state index < -0.39 is 0 Å². The summed E-state index contributed by atoms with van der Waals surface area (Å²) in [5.74, 6) is 0.787. The van der Waals surface area contributed by atoms with Crippen molar-refractivity contribution in [3.8, 4) is 11.5 Å². The van der Waals surface area contributed by atoms with Gasteiger partial charge in [0.25, 0.3) is 0 Å². The van der Waals surface area contributed by atoms with Crippen LogP contribution in [-0.2, 0) is 6.61 Å². The molecule has 3 nitrogen and oxygen atoms in total. The summed E-state index contributed by atoms with van der Waals surface area (Å²) in [6.45, 7) is 0.469. The third-order valence-corrected chi connectivity index (χ3v) is 4.39. The van der Waals surface area contributed by atoms with Crippen LogP contribution in [0.2, 0.25) is 0 Å². The first-order valence-electron chi connectivity index (χ1n) is 7.02. The van der Waals surface area contributed by atoms with Gasteiger partial charge in [0, 0.05) is 16.5 Å². The van der Waals surface area contributed by atoms with E-state index in [2.05, 4.69) is 0 Å². The summed E-state index contributed by atoms with van der Waals surface area (Å²) in [6.07, 6.45) is 0. The minimum atomic E-state index is -0.317. The Bertz CT molecular complexity index is 726. The lowest BCUT2D eigenvalue weighted by atomic mass is 10.0. The molecule has 0 bridgehead atoms. The fourth-order valence-electron chi connectivity index (χ4n) is 2.24. The second-order valence-electron chi connectivity index (χ2n) is 4.99. The summed E-state index contributed by atoms with van der Waals surface area (Å²) < 4.78 is 5.70. The number of rotatable bonds is 5. The van der Waals surface area contributed by atoms with Crippen LogP contribution in [0.1, 0.15) is 22.0 Å². The van der Waals surface area contributed by atoms with Crippen molar-refractivity contribution in [1.82, 2.24) is 0 Å².